The van der Waals surface area contributed by atoms with Gasteiger partial charge in [-0.1, -0.05) is 38.1 Å². The van der Waals surface area contributed by atoms with Crippen molar-refractivity contribution in [1.29, 1.82) is 0 Å². The number of piperidine rings is 1. The zero-order valence-corrected chi connectivity index (χ0v) is 25.7. The molecule has 2 saturated heterocycles. The summed E-state index contributed by atoms with van der Waals surface area (Å²) in [6.45, 7) is 13.4. The molecular formula is C34H42N6O2. The van der Waals surface area contributed by atoms with E-state index in [1.807, 2.05) is 25.0 Å². The molecule has 0 radical (unpaired) electrons. The molecule has 0 aliphatic carbocycles. The van der Waals surface area contributed by atoms with E-state index >= 15 is 0 Å². The Morgan fingerprint density at radius 3 is 2.62 bits per heavy atom. The van der Waals surface area contributed by atoms with E-state index in [0.717, 1.165) is 79.4 Å². The molecule has 3 unspecified atom stereocenters. The minimum absolute atomic E-state index is 0.00780. The Morgan fingerprint density at radius 2 is 1.88 bits per heavy atom. The van der Waals surface area contributed by atoms with Crippen molar-refractivity contribution in [1.82, 2.24) is 19.7 Å². The Labute approximate surface area is 248 Å². The second kappa shape index (κ2) is 10.3. The number of nitrogens with zero attached hydrogens (tertiary/aromatic N) is 6. The van der Waals surface area contributed by atoms with Gasteiger partial charge >= 0.3 is 0 Å². The fraction of sp³-hybridized carbons (Fsp3) is 0.500. The van der Waals surface area contributed by atoms with Gasteiger partial charge in [0.2, 0.25) is 0 Å². The summed E-state index contributed by atoms with van der Waals surface area (Å²) in [6.07, 6.45) is 4.28. The third-order valence-corrected chi connectivity index (χ3v) is 9.95. The van der Waals surface area contributed by atoms with Crippen LogP contribution in [0.15, 0.2) is 42.6 Å². The number of para-hydroxylation sites is 1. The summed E-state index contributed by atoms with van der Waals surface area (Å²) in [4.78, 5) is 15.7. The molecule has 2 fully saturated rings. The van der Waals surface area contributed by atoms with E-state index in [0.29, 0.717) is 5.92 Å². The zero-order chi connectivity index (χ0) is 29.2. The van der Waals surface area contributed by atoms with Crippen LogP contribution in [0.25, 0.3) is 22.3 Å². The summed E-state index contributed by atoms with van der Waals surface area (Å²) in [7, 11) is 3.83. The van der Waals surface area contributed by atoms with Gasteiger partial charge in [-0.2, -0.15) is 5.10 Å². The summed E-state index contributed by atoms with van der Waals surface area (Å²) >= 11 is 0. The van der Waals surface area contributed by atoms with Crippen LogP contribution in [0.4, 0.5) is 11.5 Å². The molecule has 8 nitrogen and oxygen atoms in total. The number of hydrogen-bond acceptors (Lipinski definition) is 7. The highest BCUT2D eigenvalue weighted by Crippen LogP contribution is 2.40. The minimum atomic E-state index is 0.00780. The maximum absolute atomic E-state index is 5.90. The highest BCUT2D eigenvalue weighted by molar-refractivity contribution is 5.92. The van der Waals surface area contributed by atoms with Gasteiger partial charge in [0.05, 0.1) is 36.2 Å². The molecule has 5 heterocycles. The van der Waals surface area contributed by atoms with Crippen LogP contribution in [-0.4, -0.2) is 65.3 Å². The average Bonchev–Trinajstić information content (AvgIpc) is 3.37. The van der Waals surface area contributed by atoms with Crippen LogP contribution in [0, 0.1) is 12.3 Å². The number of rotatable bonds is 5. The molecule has 3 atom stereocenters. The van der Waals surface area contributed by atoms with Crippen molar-refractivity contribution in [2.45, 2.75) is 65.2 Å². The number of aromatic nitrogens is 4. The van der Waals surface area contributed by atoms with Gasteiger partial charge in [-0.25, -0.2) is 9.97 Å². The van der Waals surface area contributed by atoms with Crippen LogP contribution < -0.4 is 9.80 Å². The molecule has 3 aliphatic heterocycles. The van der Waals surface area contributed by atoms with Crippen molar-refractivity contribution in [3.63, 3.8) is 0 Å². The summed E-state index contributed by atoms with van der Waals surface area (Å²) in [5, 5.41) is 5.63. The van der Waals surface area contributed by atoms with E-state index in [2.05, 4.69) is 79.0 Å². The number of ether oxygens (including phenoxy) is 2. The first kappa shape index (κ1) is 27.3. The Balaban J connectivity index is 1.32. The summed E-state index contributed by atoms with van der Waals surface area (Å²) in [5.74, 6) is 2.33. The van der Waals surface area contributed by atoms with Crippen LogP contribution in [-0.2, 0) is 29.5 Å². The van der Waals surface area contributed by atoms with Gasteiger partial charge in [0, 0.05) is 80.3 Å². The minimum Gasteiger partial charge on any atom is -0.381 e. The molecule has 2 aromatic carbocycles. The largest absolute Gasteiger partial charge is 0.381 e. The SMILES string of the molecule is COC1CCN(c2nc(-c3cccc4cnn(C)c34)nc3c2CN(c2cccc(C4COC4C)c2C)CC3)CC1(C)C. The van der Waals surface area contributed by atoms with Gasteiger partial charge in [-0.3, -0.25) is 4.68 Å². The topological polar surface area (TPSA) is 68.5 Å². The average molecular weight is 567 g/mol. The predicted octanol–water partition coefficient (Wildman–Crippen LogP) is 5.66. The van der Waals surface area contributed by atoms with E-state index in [1.165, 1.54) is 22.4 Å². The molecule has 2 aromatic heterocycles. The number of fused-ring (bicyclic) bond motifs is 2. The van der Waals surface area contributed by atoms with E-state index in [-0.39, 0.29) is 17.6 Å². The lowest BCUT2D eigenvalue weighted by molar-refractivity contribution is -0.0646. The molecule has 8 heteroatoms. The maximum atomic E-state index is 5.90. The van der Waals surface area contributed by atoms with Gasteiger partial charge in [-0.15, -0.1) is 0 Å². The fourth-order valence-corrected chi connectivity index (χ4v) is 7.46. The molecule has 7 rings (SSSR count). The third kappa shape index (κ3) is 4.47. The molecule has 0 amide bonds. The molecule has 3 aliphatic rings. The Kier molecular flexibility index (Phi) is 6.74. The van der Waals surface area contributed by atoms with Crippen molar-refractivity contribution >= 4 is 22.4 Å². The van der Waals surface area contributed by atoms with Crippen molar-refractivity contribution in [2.24, 2.45) is 12.5 Å². The molecule has 42 heavy (non-hydrogen) atoms. The van der Waals surface area contributed by atoms with Crippen molar-refractivity contribution in [3.05, 3.63) is 65.0 Å². The van der Waals surface area contributed by atoms with Gasteiger partial charge in [0.1, 0.15) is 5.82 Å². The number of methoxy groups -OCH3 is 1. The molecule has 0 N–H and O–H groups in total. The number of aryl methyl sites for hydroxylation is 1. The lowest BCUT2D eigenvalue weighted by Crippen LogP contribution is -2.50. The predicted molar refractivity (Wildman–Crippen MR) is 167 cm³/mol. The van der Waals surface area contributed by atoms with Crippen molar-refractivity contribution in [3.8, 4) is 11.4 Å². The first-order chi connectivity index (χ1) is 20.2. The van der Waals surface area contributed by atoms with Gasteiger partial charge in [0.15, 0.2) is 5.82 Å². The zero-order valence-electron chi connectivity index (χ0n) is 25.7. The highest BCUT2D eigenvalue weighted by atomic mass is 16.5. The van der Waals surface area contributed by atoms with E-state index in [4.69, 9.17) is 19.4 Å². The monoisotopic (exact) mass is 566 g/mol. The molecule has 0 bridgehead atoms. The summed E-state index contributed by atoms with van der Waals surface area (Å²) in [6, 6.07) is 13.1. The van der Waals surface area contributed by atoms with Gasteiger partial charge < -0.3 is 19.3 Å². The lowest BCUT2D eigenvalue weighted by Gasteiger charge is -2.45. The van der Waals surface area contributed by atoms with Crippen molar-refractivity contribution < 1.29 is 9.47 Å². The van der Waals surface area contributed by atoms with Gasteiger partial charge in [-0.05, 0) is 43.5 Å². The standard InChI is InChI=1S/C34H42N6O2/c1-21-24(27-19-42-22(27)2)10-8-12-29(21)39-15-13-28-26(18-39)33(40-16-14-30(41-6)34(3,4)20-40)37-32(36-28)25-11-7-9-23-17-35-38(5)31(23)25/h7-12,17,22,27,30H,13-16,18-20H2,1-6H3. The smallest absolute Gasteiger partial charge is 0.163 e. The first-order valence-corrected chi connectivity index (χ1v) is 15.3. The van der Waals surface area contributed by atoms with Crippen LogP contribution in [0.1, 0.15) is 55.5 Å². The summed E-state index contributed by atoms with van der Waals surface area (Å²) < 4.78 is 13.6. The normalized spacial score (nSPS) is 23.6. The van der Waals surface area contributed by atoms with E-state index in [1.54, 1.807) is 0 Å². The van der Waals surface area contributed by atoms with Crippen molar-refractivity contribution in [2.75, 3.05) is 43.2 Å². The van der Waals surface area contributed by atoms with E-state index in [9.17, 15) is 0 Å². The van der Waals surface area contributed by atoms with Crippen LogP contribution in [0.5, 0.6) is 0 Å². The molecular weight excluding hydrogens is 524 g/mol. The highest BCUT2D eigenvalue weighted by Gasteiger charge is 2.38. The fourth-order valence-electron chi connectivity index (χ4n) is 7.46. The van der Waals surface area contributed by atoms with Crippen LogP contribution >= 0.6 is 0 Å². The van der Waals surface area contributed by atoms with E-state index < -0.39 is 0 Å². The number of anilines is 2. The lowest BCUT2D eigenvalue weighted by atomic mass is 9.81. The number of benzene rings is 2. The molecule has 220 valence electrons. The summed E-state index contributed by atoms with van der Waals surface area (Å²) in [5.41, 5.74) is 8.61. The van der Waals surface area contributed by atoms with Gasteiger partial charge in [0.25, 0.3) is 0 Å². The second-order valence-corrected chi connectivity index (χ2v) is 13.0. The Hall–Kier alpha value is -3.49. The Morgan fingerprint density at radius 1 is 1.05 bits per heavy atom. The molecule has 4 aromatic rings. The molecule has 0 saturated carbocycles. The first-order valence-electron chi connectivity index (χ1n) is 15.3. The third-order valence-electron chi connectivity index (χ3n) is 9.95. The maximum Gasteiger partial charge on any atom is 0.163 e. The van der Waals surface area contributed by atoms with Crippen LogP contribution in [0.3, 0.4) is 0 Å². The number of hydrogen-bond donors (Lipinski definition) is 0. The quantitative estimate of drug-likeness (QED) is 0.309. The Bertz CT molecular complexity index is 1640. The second-order valence-electron chi connectivity index (χ2n) is 13.0. The molecule has 0 spiro atoms. The van der Waals surface area contributed by atoms with Crippen LogP contribution in [0.2, 0.25) is 0 Å².